The van der Waals surface area contributed by atoms with Crippen molar-refractivity contribution in [3.8, 4) is 0 Å². The van der Waals surface area contributed by atoms with Gasteiger partial charge in [-0.15, -0.1) is 10.2 Å². The van der Waals surface area contributed by atoms with Gasteiger partial charge in [-0.2, -0.15) is 0 Å². The van der Waals surface area contributed by atoms with Crippen LogP contribution in [-0.4, -0.2) is 27.2 Å². The van der Waals surface area contributed by atoms with Crippen LogP contribution in [0.1, 0.15) is 20.7 Å². The molecule has 1 amide bonds. The maximum Gasteiger partial charge on any atom is 0.335 e. The Morgan fingerprint density at radius 3 is 2.48 bits per heavy atom. The van der Waals surface area contributed by atoms with E-state index in [9.17, 15) is 9.59 Å². The van der Waals surface area contributed by atoms with Gasteiger partial charge in [-0.3, -0.25) is 4.79 Å². The second-order valence-electron chi connectivity index (χ2n) is 3.83. The highest BCUT2D eigenvalue weighted by atomic mass is 35.5. The van der Waals surface area contributed by atoms with Crippen molar-refractivity contribution in [3.63, 3.8) is 0 Å². The van der Waals surface area contributed by atoms with Gasteiger partial charge in [-0.1, -0.05) is 34.8 Å². The van der Waals surface area contributed by atoms with Gasteiger partial charge in [0.05, 0.1) is 21.8 Å². The molecule has 21 heavy (non-hydrogen) atoms. The Morgan fingerprint density at radius 1 is 1.10 bits per heavy atom. The zero-order valence-electron chi connectivity index (χ0n) is 10.1. The number of anilines is 1. The second kappa shape index (κ2) is 6.26. The van der Waals surface area contributed by atoms with Crippen molar-refractivity contribution in [2.75, 3.05) is 5.32 Å². The summed E-state index contributed by atoms with van der Waals surface area (Å²) >= 11 is 17.3. The van der Waals surface area contributed by atoms with E-state index in [2.05, 4.69) is 15.5 Å². The second-order valence-corrected chi connectivity index (χ2v) is 4.98. The Labute approximate surface area is 133 Å². The van der Waals surface area contributed by atoms with Crippen LogP contribution in [-0.2, 0) is 0 Å². The molecule has 0 aliphatic carbocycles. The average Bonchev–Trinajstić information content (AvgIpc) is 2.43. The molecule has 108 valence electrons. The number of aromatic carboxylic acids is 1. The largest absolute Gasteiger partial charge is 0.478 e. The molecular formula is C12H6Cl3N3O3. The molecule has 0 unspecified atom stereocenters. The molecule has 1 heterocycles. The summed E-state index contributed by atoms with van der Waals surface area (Å²) in [5, 5.41) is 18.4. The van der Waals surface area contributed by atoms with Crippen molar-refractivity contribution >= 4 is 52.4 Å². The highest BCUT2D eigenvalue weighted by Gasteiger charge is 2.16. The Balaban J connectivity index is 2.33. The van der Waals surface area contributed by atoms with Crippen molar-refractivity contribution in [3.05, 3.63) is 50.7 Å². The minimum Gasteiger partial charge on any atom is -0.478 e. The number of carbonyl (C=O) groups excluding carboxylic acids is 1. The van der Waals surface area contributed by atoms with E-state index in [1.54, 1.807) is 0 Å². The predicted molar refractivity (Wildman–Crippen MR) is 78.4 cm³/mol. The summed E-state index contributed by atoms with van der Waals surface area (Å²) in [5.74, 6) is -1.78. The Morgan fingerprint density at radius 2 is 1.81 bits per heavy atom. The molecule has 2 aromatic rings. The first-order chi connectivity index (χ1) is 9.88. The lowest BCUT2D eigenvalue weighted by Crippen LogP contribution is -2.14. The van der Waals surface area contributed by atoms with Crippen molar-refractivity contribution in [1.29, 1.82) is 0 Å². The molecule has 0 saturated carbocycles. The van der Waals surface area contributed by atoms with Crippen LogP contribution in [0.2, 0.25) is 15.3 Å². The number of amides is 1. The monoisotopic (exact) mass is 345 g/mol. The number of aromatic nitrogens is 2. The van der Waals surface area contributed by atoms with Crippen LogP contribution in [0.25, 0.3) is 0 Å². The zero-order chi connectivity index (χ0) is 15.6. The highest BCUT2D eigenvalue weighted by Crippen LogP contribution is 2.25. The summed E-state index contributed by atoms with van der Waals surface area (Å²) in [6.45, 7) is 0. The van der Waals surface area contributed by atoms with Gasteiger partial charge < -0.3 is 10.4 Å². The Hall–Kier alpha value is -1.89. The number of carboxylic acid groups (broad SMARTS) is 1. The third-order valence-corrected chi connectivity index (χ3v) is 3.22. The predicted octanol–water partition coefficient (Wildman–Crippen LogP) is 3.39. The summed E-state index contributed by atoms with van der Waals surface area (Å²) < 4.78 is 0. The average molecular weight is 347 g/mol. The van der Waals surface area contributed by atoms with Crippen molar-refractivity contribution in [2.24, 2.45) is 0 Å². The highest BCUT2D eigenvalue weighted by molar-refractivity contribution is 6.36. The van der Waals surface area contributed by atoms with Gasteiger partial charge in [0.15, 0.2) is 10.3 Å². The lowest BCUT2D eigenvalue weighted by Gasteiger charge is -2.09. The number of carboxylic acids is 1. The van der Waals surface area contributed by atoms with Gasteiger partial charge in [-0.25, -0.2) is 4.79 Å². The molecule has 0 saturated heterocycles. The fourth-order valence-corrected chi connectivity index (χ4v) is 1.95. The third kappa shape index (κ3) is 3.60. The number of nitrogens with one attached hydrogen (secondary N) is 1. The number of hydrogen-bond donors (Lipinski definition) is 2. The van der Waals surface area contributed by atoms with Gasteiger partial charge >= 0.3 is 5.97 Å². The molecule has 0 aliphatic heterocycles. The minimum absolute atomic E-state index is 0.00469. The van der Waals surface area contributed by atoms with Crippen LogP contribution in [0.3, 0.4) is 0 Å². The van der Waals surface area contributed by atoms with Crippen molar-refractivity contribution < 1.29 is 14.7 Å². The van der Waals surface area contributed by atoms with Crippen LogP contribution < -0.4 is 5.32 Å². The Bertz CT molecular complexity index is 737. The van der Waals surface area contributed by atoms with Gasteiger partial charge in [0.1, 0.15) is 0 Å². The summed E-state index contributed by atoms with van der Waals surface area (Å²) in [5.41, 5.74) is 0.103. The smallest absolute Gasteiger partial charge is 0.335 e. The minimum atomic E-state index is -1.14. The molecule has 1 aromatic carbocycles. The zero-order valence-corrected chi connectivity index (χ0v) is 12.4. The topological polar surface area (TPSA) is 92.2 Å². The molecule has 0 atom stereocenters. The molecule has 9 heteroatoms. The first-order valence-corrected chi connectivity index (χ1v) is 6.55. The molecule has 2 N–H and O–H groups in total. The van der Waals surface area contributed by atoms with E-state index in [1.165, 1.54) is 24.3 Å². The van der Waals surface area contributed by atoms with E-state index in [1.807, 2.05) is 0 Å². The third-order valence-electron chi connectivity index (χ3n) is 2.43. The maximum atomic E-state index is 12.1. The van der Waals surface area contributed by atoms with Gasteiger partial charge in [0.25, 0.3) is 5.91 Å². The molecule has 6 nitrogen and oxygen atoms in total. The number of nitrogens with zero attached hydrogens (tertiary/aromatic N) is 2. The first kappa shape index (κ1) is 15.5. The number of carbonyl (C=O) groups is 2. The number of benzene rings is 1. The van der Waals surface area contributed by atoms with E-state index in [0.29, 0.717) is 0 Å². The Kier molecular flexibility index (Phi) is 4.62. The molecule has 0 spiro atoms. The molecule has 0 radical (unpaired) electrons. The maximum absolute atomic E-state index is 12.1. The summed E-state index contributed by atoms with van der Waals surface area (Å²) in [6, 6.07) is 5.14. The van der Waals surface area contributed by atoms with E-state index < -0.39 is 11.9 Å². The van der Waals surface area contributed by atoms with Crippen LogP contribution in [0.5, 0.6) is 0 Å². The molecule has 0 fully saturated rings. The normalized spacial score (nSPS) is 10.2. The van der Waals surface area contributed by atoms with Crippen molar-refractivity contribution in [2.45, 2.75) is 0 Å². The number of rotatable bonds is 3. The van der Waals surface area contributed by atoms with E-state index in [0.717, 1.165) is 0 Å². The van der Waals surface area contributed by atoms with Gasteiger partial charge in [0.2, 0.25) is 0 Å². The van der Waals surface area contributed by atoms with Crippen LogP contribution in [0.15, 0.2) is 24.3 Å². The van der Waals surface area contributed by atoms with Gasteiger partial charge in [0, 0.05) is 0 Å². The molecule has 2 rings (SSSR count). The molecule has 1 aromatic heterocycles. The van der Waals surface area contributed by atoms with E-state index in [-0.39, 0.29) is 32.1 Å². The fraction of sp³-hybridized carbons (Fsp3) is 0. The summed E-state index contributed by atoms with van der Waals surface area (Å²) in [4.78, 5) is 23.0. The first-order valence-electron chi connectivity index (χ1n) is 5.41. The lowest BCUT2D eigenvalue weighted by molar-refractivity contribution is 0.0696. The molecule has 0 aliphatic rings. The molecular weight excluding hydrogens is 341 g/mol. The van der Waals surface area contributed by atoms with Gasteiger partial charge in [-0.05, 0) is 24.3 Å². The standard InChI is InChI=1S/C12H6Cl3N3O3/c13-7-2-1-5(12(20)21)3-8(7)16-11(19)6-4-9(14)17-18-10(6)15/h1-4H,(H,16,19)(H,20,21). The van der Waals surface area contributed by atoms with E-state index >= 15 is 0 Å². The number of hydrogen-bond acceptors (Lipinski definition) is 4. The van der Waals surface area contributed by atoms with Crippen LogP contribution in [0.4, 0.5) is 5.69 Å². The summed E-state index contributed by atoms with van der Waals surface area (Å²) in [6.07, 6.45) is 0. The van der Waals surface area contributed by atoms with Crippen molar-refractivity contribution in [1.82, 2.24) is 10.2 Å². The lowest BCUT2D eigenvalue weighted by atomic mass is 10.2. The quantitative estimate of drug-likeness (QED) is 0.888. The number of halogens is 3. The van der Waals surface area contributed by atoms with E-state index in [4.69, 9.17) is 39.9 Å². The summed E-state index contributed by atoms with van der Waals surface area (Å²) in [7, 11) is 0. The van der Waals surface area contributed by atoms with Crippen LogP contribution in [0, 0.1) is 0 Å². The molecule has 0 bridgehead atoms. The van der Waals surface area contributed by atoms with Crippen LogP contribution >= 0.6 is 34.8 Å². The fourth-order valence-electron chi connectivity index (χ4n) is 1.46. The SMILES string of the molecule is O=C(O)c1ccc(Cl)c(NC(=O)c2cc(Cl)nnc2Cl)c1.